The van der Waals surface area contributed by atoms with E-state index in [9.17, 15) is 14.7 Å². The third-order valence-electron chi connectivity index (χ3n) is 9.19. The molecule has 2 bridgehead atoms. The molecule has 3 aliphatic carbocycles. The van der Waals surface area contributed by atoms with Crippen LogP contribution in [-0.2, 0) is 21.4 Å². The Morgan fingerprint density at radius 1 is 1.17 bits per heavy atom. The van der Waals surface area contributed by atoms with Gasteiger partial charge in [0.05, 0.1) is 11.0 Å². The molecule has 4 atom stereocenters. The van der Waals surface area contributed by atoms with Gasteiger partial charge in [-0.1, -0.05) is 36.4 Å². The van der Waals surface area contributed by atoms with E-state index in [1.54, 1.807) is 12.1 Å². The molecule has 1 saturated heterocycles. The van der Waals surface area contributed by atoms with Crippen LogP contribution < -0.4 is 10.1 Å². The van der Waals surface area contributed by atoms with Crippen molar-refractivity contribution in [2.24, 2.45) is 5.92 Å². The van der Waals surface area contributed by atoms with Gasteiger partial charge in [0.25, 0.3) is 0 Å². The van der Waals surface area contributed by atoms with Crippen molar-refractivity contribution in [1.29, 1.82) is 0 Å². The Bertz CT molecular complexity index is 1250. The second-order valence-electron chi connectivity index (χ2n) is 11.0. The predicted molar refractivity (Wildman–Crippen MR) is 131 cm³/mol. The number of carbonyl (C=O) groups excluding carboxylic acids is 2. The summed E-state index contributed by atoms with van der Waals surface area (Å²) < 4.78 is 6.30. The highest BCUT2D eigenvalue weighted by atomic mass is 16.5. The number of hydrogen-bond donors (Lipinski definition) is 2. The van der Waals surface area contributed by atoms with Crippen molar-refractivity contribution in [2.75, 3.05) is 13.1 Å². The van der Waals surface area contributed by atoms with Crippen LogP contribution in [0.25, 0.3) is 6.08 Å². The van der Waals surface area contributed by atoms with Crippen LogP contribution in [0.5, 0.6) is 11.5 Å². The topological polar surface area (TPSA) is 78.9 Å². The van der Waals surface area contributed by atoms with Gasteiger partial charge in [-0.15, -0.1) is 0 Å². The predicted octanol–water partition coefficient (Wildman–Crippen LogP) is 3.36. The number of ketones is 1. The number of carbonyl (C=O) groups is 2. The van der Waals surface area contributed by atoms with Gasteiger partial charge in [-0.25, -0.2) is 0 Å². The number of nitrogens with one attached hydrogen (secondary N) is 1. The summed E-state index contributed by atoms with van der Waals surface area (Å²) in [6.07, 6.45) is 7.81. The quantitative estimate of drug-likeness (QED) is 0.656. The van der Waals surface area contributed by atoms with Gasteiger partial charge in [0, 0.05) is 30.6 Å². The van der Waals surface area contributed by atoms with Crippen molar-refractivity contribution in [2.45, 2.75) is 61.6 Å². The molecule has 35 heavy (non-hydrogen) atoms. The fourth-order valence-corrected chi connectivity index (χ4v) is 7.56. The van der Waals surface area contributed by atoms with Crippen molar-refractivity contribution in [3.05, 3.63) is 65.2 Å². The average Bonchev–Trinajstić information content (AvgIpc) is 3.60. The highest BCUT2D eigenvalue weighted by Gasteiger charge is 2.73. The van der Waals surface area contributed by atoms with Crippen molar-refractivity contribution in [3.8, 4) is 11.5 Å². The van der Waals surface area contributed by atoms with Crippen LogP contribution in [0.1, 0.15) is 48.8 Å². The molecular weight excluding hydrogens is 440 g/mol. The maximum atomic E-state index is 13.5. The lowest BCUT2D eigenvalue weighted by Gasteiger charge is -2.65. The van der Waals surface area contributed by atoms with Crippen LogP contribution in [-0.4, -0.2) is 52.5 Å². The Morgan fingerprint density at radius 2 is 2.00 bits per heavy atom. The number of benzene rings is 2. The molecule has 2 saturated carbocycles. The van der Waals surface area contributed by atoms with Crippen molar-refractivity contribution >= 4 is 17.8 Å². The molecule has 6 nitrogen and oxygen atoms in total. The second kappa shape index (κ2) is 7.44. The summed E-state index contributed by atoms with van der Waals surface area (Å²) in [5, 5.41) is 14.2. The molecule has 2 aliphatic heterocycles. The summed E-state index contributed by atoms with van der Waals surface area (Å²) in [6, 6.07) is 13.6. The van der Waals surface area contributed by atoms with E-state index in [0.717, 1.165) is 48.5 Å². The first kappa shape index (κ1) is 21.2. The van der Waals surface area contributed by atoms with E-state index in [0.29, 0.717) is 18.6 Å². The van der Waals surface area contributed by atoms with E-state index in [4.69, 9.17) is 4.74 Å². The summed E-state index contributed by atoms with van der Waals surface area (Å²) in [4.78, 5) is 29.4. The number of likely N-dealkylation sites (tertiary alicyclic amines) is 1. The number of rotatable bonds is 5. The second-order valence-corrected chi connectivity index (χ2v) is 11.0. The third kappa shape index (κ3) is 2.92. The highest BCUT2D eigenvalue weighted by Crippen LogP contribution is 2.65. The average molecular weight is 471 g/mol. The number of phenols is 1. The number of amides is 1. The lowest BCUT2D eigenvalue weighted by Crippen LogP contribution is -2.81. The zero-order chi connectivity index (χ0) is 23.8. The molecule has 1 spiro atoms. The SMILES string of the molecule is O=C(/C=C/c1ccccc1)N[C@@]12CCC(=O)[C@@H]3Oc4c(O)ccc5c4[C@@]31CCN(CC1CC1)[C@@H]2C5. The van der Waals surface area contributed by atoms with Crippen LogP contribution >= 0.6 is 0 Å². The minimum atomic E-state index is -0.664. The molecule has 2 aromatic rings. The Hall–Kier alpha value is -3.12. The van der Waals surface area contributed by atoms with Crippen LogP contribution in [0.15, 0.2) is 48.5 Å². The van der Waals surface area contributed by atoms with E-state index in [1.807, 2.05) is 42.5 Å². The molecule has 1 amide bonds. The van der Waals surface area contributed by atoms with E-state index < -0.39 is 17.1 Å². The smallest absolute Gasteiger partial charge is 0.244 e. The molecule has 3 fully saturated rings. The molecule has 0 unspecified atom stereocenters. The monoisotopic (exact) mass is 470 g/mol. The minimum absolute atomic E-state index is 0.0764. The fraction of sp³-hybridized carbons (Fsp3) is 0.448. The highest BCUT2D eigenvalue weighted by molar-refractivity contribution is 5.95. The third-order valence-corrected chi connectivity index (χ3v) is 9.19. The van der Waals surface area contributed by atoms with Gasteiger partial charge in [-0.05, 0) is 67.8 Å². The first-order valence-corrected chi connectivity index (χ1v) is 12.9. The van der Waals surface area contributed by atoms with Gasteiger partial charge in [-0.3, -0.25) is 14.5 Å². The fourth-order valence-electron chi connectivity index (χ4n) is 7.56. The van der Waals surface area contributed by atoms with E-state index in [2.05, 4.69) is 10.2 Å². The van der Waals surface area contributed by atoms with Gasteiger partial charge in [0.15, 0.2) is 23.4 Å². The molecule has 0 radical (unpaired) electrons. The van der Waals surface area contributed by atoms with E-state index in [-0.39, 0.29) is 23.5 Å². The minimum Gasteiger partial charge on any atom is -0.504 e. The van der Waals surface area contributed by atoms with Gasteiger partial charge in [-0.2, -0.15) is 0 Å². The number of Topliss-reactive ketones (excluding diaryl/α,β-unsaturated/α-hetero) is 1. The van der Waals surface area contributed by atoms with Gasteiger partial charge < -0.3 is 15.2 Å². The molecule has 180 valence electrons. The van der Waals surface area contributed by atoms with Crippen molar-refractivity contribution in [1.82, 2.24) is 10.2 Å². The lowest BCUT2D eigenvalue weighted by molar-refractivity contribution is -0.148. The number of piperidine rings is 1. The number of ether oxygens (including phenoxy) is 1. The molecule has 5 aliphatic rings. The van der Waals surface area contributed by atoms with Crippen LogP contribution in [0.3, 0.4) is 0 Å². The van der Waals surface area contributed by atoms with E-state index in [1.165, 1.54) is 12.8 Å². The Morgan fingerprint density at radius 3 is 2.80 bits per heavy atom. The van der Waals surface area contributed by atoms with Gasteiger partial charge in [0.2, 0.25) is 5.91 Å². The molecule has 0 aromatic heterocycles. The summed E-state index contributed by atoms with van der Waals surface area (Å²) in [6.45, 7) is 1.91. The molecule has 2 aromatic carbocycles. The number of hydrogen-bond acceptors (Lipinski definition) is 5. The molecule has 6 heteroatoms. The molecule has 2 heterocycles. The standard InChI is InChI=1S/C29H30N2O4/c32-21-10-9-20-16-23-29(30-24(34)11-8-18-4-2-1-3-5-18)13-12-22(33)27-28(29,25(20)26(21)35-27)14-15-31(23)17-19-6-7-19/h1-5,8-11,19,23,27,32H,6-7,12-17H2,(H,30,34)/b11-8+/t23-,27+,28+,29-/m1/s1. The van der Waals surface area contributed by atoms with Crippen LogP contribution in [0, 0.1) is 5.92 Å². The zero-order valence-corrected chi connectivity index (χ0v) is 19.7. The first-order chi connectivity index (χ1) is 17.0. The Balaban J connectivity index is 1.35. The van der Waals surface area contributed by atoms with Gasteiger partial charge in [0.1, 0.15) is 0 Å². The van der Waals surface area contributed by atoms with Gasteiger partial charge >= 0.3 is 0 Å². The van der Waals surface area contributed by atoms with Crippen LogP contribution in [0.2, 0.25) is 0 Å². The van der Waals surface area contributed by atoms with Crippen LogP contribution in [0.4, 0.5) is 0 Å². The van der Waals surface area contributed by atoms with Crippen molar-refractivity contribution in [3.63, 3.8) is 0 Å². The summed E-state index contributed by atoms with van der Waals surface area (Å²) >= 11 is 0. The molecular formula is C29H30N2O4. The molecule has 7 rings (SSSR count). The summed E-state index contributed by atoms with van der Waals surface area (Å²) in [5.74, 6) is 1.20. The maximum Gasteiger partial charge on any atom is 0.244 e. The van der Waals surface area contributed by atoms with Crippen molar-refractivity contribution < 1.29 is 19.4 Å². The summed E-state index contributed by atoms with van der Waals surface area (Å²) in [7, 11) is 0. The largest absolute Gasteiger partial charge is 0.504 e. The first-order valence-electron chi connectivity index (χ1n) is 12.9. The normalized spacial score (nSPS) is 32.9. The number of phenolic OH excluding ortho intramolecular Hbond substituents is 1. The number of aromatic hydroxyl groups is 1. The molecule has 2 N–H and O–H groups in total. The zero-order valence-electron chi connectivity index (χ0n) is 19.7. The Kier molecular flexibility index (Phi) is 4.50. The summed E-state index contributed by atoms with van der Waals surface area (Å²) in [5.41, 5.74) is 1.81. The van der Waals surface area contributed by atoms with E-state index >= 15 is 0 Å². The lowest BCUT2D eigenvalue weighted by atomic mass is 9.47. The maximum absolute atomic E-state index is 13.5. The number of nitrogens with zero attached hydrogens (tertiary/aromatic N) is 1. The Labute approximate surface area is 205 Å².